The Morgan fingerprint density at radius 1 is 1.50 bits per heavy atom. The first-order valence-electron chi connectivity index (χ1n) is 5.16. The highest BCUT2D eigenvalue weighted by Crippen LogP contribution is 2.38. The summed E-state index contributed by atoms with van der Waals surface area (Å²) in [7, 11) is 0. The molecule has 0 fully saturated rings. The number of hydrogen-bond acceptors (Lipinski definition) is 4. The molecule has 1 aromatic carbocycles. The van der Waals surface area contributed by atoms with Gasteiger partial charge in [-0.15, -0.1) is 0 Å². The molecule has 0 spiro atoms. The summed E-state index contributed by atoms with van der Waals surface area (Å²) in [6.45, 7) is 6.24. The topological polar surface area (TPSA) is 53.7 Å². The van der Waals surface area contributed by atoms with Crippen LogP contribution in [0.3, 0.4) is 0 Å². The van der Waals surface area contributed by atoms with Gasteiger partial charge in [0.2, 0.25) is 6.79 Å². The van der Waals surface area contributed by atoms with Crippen LogP contribution in [-0.4, -0.2) is 12.9 Å². The van der Waals surface area contributed by atoms with Crippen molar-refractivity contribution in [3.8, 4) is 17.2 Å². The number of nitrogens with two attached hydrogens (primary N) is 1. The van der Waals surface area contributed by atoms with Gasteiger partial charge in [-0.2, -0.15) is 0 Å². The summed E-state index contributed by atoms with van der Waals surface area (Å²) < 4.78 is 16.2. The molecule has 0 aliphatic carbocycles. The number of ether oxygens (including phenoxy) is 3. The molecule has 0 radical (unpaired) electrons. The zero-order chi connectivity index (χ0) is 11.5. The van der Waals surface area contributed by atoms with Gasteiger partial charge in [-0.3, -0.25) is 0 Å². The lowest BCUT2D eigenvalue weighted by molar-refractivity contribution is 0.173. The van der Waals surface area contributed by atoms with Gasteiger partial charge in [0.1, 0.15) is 11.9 Å². The van der Waals surface area contributed by atoms with Crippen LogP contribution in [0.15, 0.2) is 24.8 Å². The molecule has 0 saturated carbocycles. The normalized spacial score (nSPS) is 14.6. The molecular formula is C12H15NO3. The SMILES string of the molecule is C=CC(C)Oc1cc2c(cc1CN)OCO2. The molecule has 1 aliphatic heterocycles. The Morgan fingerprint density at radius 3 is 2.81 bits per heavy atom. The van der Waals surface area contributed by atoms with Crippen molar-refractivity contribution in [2.24, 2.45) is 5.73 Å². The largest absolute Gasteiger partial charge is 0.486 e. The van der Waals surface area contributed by atoms with Crippen LogP contribution in [0.4, 0.5) is 0 Å². The van der Waals surface area contributed by atoms with Gasteiger partial charge in [0.05, 0.1) is 0 Å². The summed E-state index contributed by atoms with van der Waals surface area (Å²) in [5, 5.41) is 0. The molecule has 0 bridgehead atoms. The Kier molecular flexibility index (Phi) is 3.01. The average Bonchev–Trinajstić information content (AvgIpc) is 2.74. The van der Waals surface area contributed by atoms with Crippen LogP contribution in [-0.2, 0) is 6.54 Å². The smallest absolute Gasteiger partial charge is 0.231 e. The van der Waals surface area contributed by atoms with E-state index in [0.29, 0.717) is 12.3 Å². The lowest BCUT2D eigenvalue weighted by Gasteiger charge is -2.14. The van der Waals surface area contributed by atoms with Crippen molar-refractivity contribution in [2.75, 3.05) is 6.79 Å². The lowest BCUT2D eigenvalue weighted by atomic mass is 10.1. The molecular weight excluding hydrogens is 206 g/mol. The van der Waals surface area contributed by atoms with Crippen molar-refractivity contribution in [2.45, 2.75) is 19.6 Å². The van der Waals surface area contributed by atoms with Gasteiger partial charge >= 0.3 is 0 Å². The molecule has 4 heteroatoms. The first-order chi connectivity index (χ1) is 7.74. The molecule has 0 aromatic heterocycles. The van der Waals surface area contributed by atoms with Crippen LogP contribution in [0.5, 0.6) is 17.2 Å². The van der Waals surface area contributed by atoms with E-state index >= 15 is 0 Å². The van der Waals surface area contributed by atoms with E-state index in [1.54, 1.807) is 6.08 Å². The third kappa shape index (κ3) is 1.97. The number of rotatable bonds is 4. The monoisotopic (exact) mass is 221 g/mol. The molecule has 86 valence electrons. The molecule has 0 saturated heterocycles. The Morgan fingerprint density at radius 2 is 2.19 bits per heavy atom. The summed E-state index contributed by atoms with van der Waals surface area (Å²) in [6, 6.07) is 3.66. The highest BCUT2D eigenvalue weighted by molar-refractivity contribution is 5.51. The summed E-state index contributed by atoms with van der Waals surface area (Å²) in [5.41, 5.74) is 6.56. The first kappa shape index (κ1) is 10.8. The molecule has 4 nitrogen and oxygen atoms in total. The maximum Gasteiger partial charge on any atom is 0.231 e. The van der Waals surface area contributed by atoms with Crippen molar-refractivity contribution in [3.63, 3.8) is 0 Å². The van der Waals surface area contributed by atoms with E-state index in [-0.39, 0.29) is 12.9 Å². The fourth-order valence-corrected chi connectivity index (χ4v) is 1.48. The molecule has 1 unspecified atom stereocenters. The minimum atomic E-state index is -0.0642. The fraction of sp³-hybridized carbons (Fsp3) is 0.333. The van der Waals surface area contributed by atoms with Crippen LogP contribution in [0.1, 0.15) is 12.5 Å². The number of hydrogen-bond donors (Lipinski definition) is 1. The Balaban J connectivity index is 2.32. The van der Waals surface area contributed by atoms with Crippen LogP contribution < -0.4 is 19.9 Å². The van der Waals surface area contributed by atoms with E-state index < -0.39 is 0 Å². The summed E-state index contributed by atoms with van der Waals surface area (Å²) in [4.78, 5) is 0. The van der Waals surface area contributed by atoms with Crippen molar-refractivity contribution in [3.05, 3.63) is 30.4 Å². The average molecular weight is 221 g/mol. The lowest BCUT2D eigenvalue weighted by Crippen LogP contribution is -2.10. The third-order valence-electron chi connectivity index (χ3n) is 2.42. The third-order valence-corrected chi connectivity index (χ3v) is 2.42. The van der Waals surface area contributed by atoms with Crippen molar-refractivity contribution < 1.29 is 14.2 Å². The number of fused-ring (bicyclic) bond motifs is 1. The van der Waals surface area contributed by atoms with Crippen LogP contribution in [0.2, 0.25) is 0 Å². The molecule has 1 atom stereocenters. The maximum atomic E-state index is 5.68. The van der Waals surface area contributed by atoms with Gasteiger partial charge < -0.3 is 19.9 Å². The van der Waals surface area contributed by atoms with Gasteiger partial charge in [0.15, 0.2) is 11.5 Å². The fourth-order valence-electron chi connectivity index (χ4n) is 1.48. The van der Waals surface area contributed by atoms with Crippen molar-refractivity contribution >= 4 is 0 Å². The van der Waals surface area contributed by atoms with E-state index in [9.17, 15) is 0 Å². The van der Waals surface area contributed by atoms with Crippen molar-refractivity contribution in [1.82, 2.24) is 0 Å². The molecule has 16 heavy (non-hydrogen) atoms. The molecule has 0 amide bonds. The molecule has 1 aliphatic rings. The predicted molar refractivity (Wildman–Crippen MR) is 60.7 cm³/mol. The van der Waals surface area contributed by atoms with Gasteiger partial charge in [-0.05, 0) is 13.0 Å². The van der Waals surface area contributed by atoms with E-state index in [0.717, 1.165) is 17.1 Å². The second-order valence-electron chi connectivity index (χ2n) is 3.58. The quantitative estimate of drug-likeness (QED) is 0.788. The second-order valence-corrected chi connectivity index (χ2v) is 3.58. The minimum Gasteiger partial charge on any atom is -0.486 e. The minimum absolute atomic E-state index is 0.0642. The maximum absolute atomic E-state index is 5.68. The second kappa shape index (κ2) is 4.45. The van der Waals surface area contributed by atoms with Gasteiger partial charge in [-0.25, -0.2) is 0 Å². The zero-order valence-electron chi connectivity index (χ0n) is 9.23. The van der Waals surface area contributed by atoms with Gasteiger partial charge in [-0.1, -0.05) is 12.7 Å². The molecule has 2 rings (SSSR count). The molecule has 1 heterocycles. The Bertz CT molecular complexity index is 403. The van der Waals surface area contributed by atoms with Gasteiger partial charge in [0, 0.05) is 18.2 Å². The summed E-state index contributed by atoms with van der Waals surface area (Å²) in [5.74, 6) is 2.14. The first-order valence-corrected chi connectivity index (χ1v) is 5.16. The van der Waals surface area contributed by atoms with E-state index in [1.807, 2.05) is 19.1 Å². The van der Waals surface area contributed by atoms with E-state index in [1.165, 1.54) is 0 Å². The number of benzene rings is 1. The summed E-state index contributed by atoms with van der Waals surface area (Å²) >= 11 is 0. The van der Waals surface area contributed by atoms with Crippen molar-refractivity contribution in [1.29, 1.82) is 0 Å². The van der Waals surface area contributed by atoms with Crippen LogP contribution >= 0.6 is 0 Å². The van der Waals surface area contributed by atoms with Crippen LogP contribution in [0, 0.1) is 0 Å². The molecule has 2 N–H and O–H groups in total. The Labute approximate surface area is 94.6 Å². The standard InChI is InChI=1S/C12H15NO3/c1-3-8(2)16-10-5-12-11(14-7-15-12)4-9(10)6-13/h3-5,8H,1,6-7,13H2,2H3. The summed E-state index contributed by atoms with van der Waals surface area (Å²) in [6.07, 6.45) is 1.66. The highest BCUT2D eigenvalue weighted by Gasteiger charge is 2.18. The van der Waals surface area contributed by atoms with E-state index in [4.69, 9.17) is 19.9 Å². The van der Waals surface area contributed by atoms with E-state index in [2.05, 4.69) is 6.58 Å². The highest BCUT2D eigenvalue weighted by atomic mass is 16.7. The van der Waals surface area contributed by atoms with Gasteiger partial charge in [0.25, 0.3) is 0 Å². The predicted octanol–water partition coefficient (Wildman–Crippen LogP) is 1.83. The van der Waals surface area contributed by atoms with Crippen LogP contribution in [0.25, 0.3) is 0 Å². The zero-order valence-corrected chi connectivity index (χ0v) is 9.23. The molecule has 1 aromatic rings. The Hall–Kier alpha value is -1.68.